The van der Waals surface area contributed by atoms with E-state index >= 15 is 0 Å². The molecule has 0 radical (unpaired) electrons. The van der Waals surface area contributed by atoms with Crippen molar-refractivity contribution >= 4 is 11.4 Å². The molecule has 4 rings (SSSR count). The van der Waals surface area contributed by atoms with Gasteiger partial charge in [-0.15, -0.1) is 5.92 Å². The molecule has 0 bridgehead atoms. The molecule has 3 heteroatoms. The highest BCUT2D eigenvalue weighted by molar-refractivity contribution is 5.75. The van der Waals surface area contributed by atoms with Crippen molar-refractivity contribution < 1.29 is 0 Å². The molecule has 0 aliphatic carbocycles. The number of hydrogen-bond acceptors (Lipinski definition) is 3. The zero-order chi connectivity index (χ0) is 18.1. The second kappa shape index (κ2) is 7.03. The Morgan fingerprint density at radius 3 is 2.92 bits per heavy atom. The lowest BCUT2D eigenvalue weighted by molar-refractivity contribution is 0.369. The monoisotopic (exact) mass is 345 g/mol. The summed E-state index contributed by atoms with van der Waals surface area (Å²) in [7, 11) is 1.97. The predicted molar refractivity (Wildman–Crippen MR) is 110 cm³/mol. The van der Waals surface area contributed by atoms with E-state index in [2.05, 4.69) is 53.2 Å². The smallest absolute Gasteiger partial charge is 0.0650 e. The molecular weight excluding hydrogens is 318 g/mol. The molecule has 26 heavy (non-hydrogen) atoms. The SMILES string of the molecule is CC#CC1Cc2ncc(-c3cc(NC)ccc3C)cc2N2CCCCC12. The lowest BCUT2D eigenvalue weighted by Crippen LogP contribution is -2.48. The van der Waals surface area contributed by atoms with Crippen LogP contribution in [0.25, 0.3) is 11.1 Å². The molecule has 134 valence electrons. The van der Waals surface area contributed by atoms with Gasteiger partial charge in [0, 0.05) is 49.4 Å². The van der Waals surface area contributed by atoms with Gasteiger partial charge in [-0.05, 0) is 62.4 Å². The van der Waals surface area contributed by atoms with E-state index in [4.69, 9.17) is 4.98 Å². The van der Waals surface area contributed by atoms with Gasteiger partial charge in [-0.1, -0.05) is 12.0 Å². The molecule has 0 spiro atoms. The Morgan fingerprint density at radius 2 is 2.12 bits per heavy atom. The van der Waals surface area contributed by atoms with Crippen LogP contribution >= 0.6 is 0 Å². The van der Waals surface area contributed by atoms with Gasteiger partial charge in [-0.25, -0.2) is 0 Å². The average Bonchev–Trinajstić information content (AvgIpc) is 2.68. The Bertz CT molecular complexity index is 875. The highest BCUT2D eigenvalue weighted by Crippen LogP contribution is 2.39. The van der Waals surface area contributed by atoms with Crippen molar-refractivity contribution in [3.05, 3.63) is 41.7 Å². The van der Waals surface area contributed by atoms with Crippen LogP contribution in [-0.4, -0.2) is 24.6 Å². The minimum Gasteiger partial charge on any atom is -0.388 e. The normalized spacial score (nSPS) is 21.3. The molecule has 2 aliphatic heterocycles. The summed E-state index contributed by atoms with van der Waals surface area (Å²) in [6, 6.07) is 9.43. The highest BCUT2D eigenvalue weighted by atomic mass is 15.2. The fraction of sp³-hybridized carbons (Fsp3) is 0.435. The van der Waals surface area contributed by atoms with Gasteiger partial charge in [0.2, 0.25) is 0 Å². The first-order valence-corrected chi connectivity index (χ1v) is 9.68. The Balaban J connectivity index is 1.78. The van der Waals surface area contributed by atoms with Gasteiger partial charge in [0.05, 0.1) is 11.4 Å². The maximum atomic E-state index is 4.89. The average molecular weight is 345 g/mol. The van der Waals surface area contributed by atoms with Crippen LogP contribution in [0.4, 0.5) is 11.4 Å². The van der Waals surface area contributed by atoms with Crippen LogP contribution in [0.15, 0.2) is 30.5 Å². The number of fused-ring (bicyclic) bond motifs is 3. The molecule has 0 saturated carbocycles. The van der Waals surface area contributed by atoms with Crippen LogP contribution in [0.1, 0.15) is 37.4 Å². The number of aryl methyl sites for hydroxylation is 1. The lowest BCUT2D eigenvalue weighted by Gasteiger charge is -2.44. The largest absolute Gasteiger partial charge is 0.388 e. The number of nitrogens with zero attached hydrogens (tertiary/aromatic N) is 2. The quantitative estimate of drug-likeness (QED) is 0.803. The third-order valence-corrected chi connectivity index (χ3v) is 5.85. The van der Waals surface area contributed by atoms with E-state index < -0.39 is 0 Å². The van der Waals surface area contributed by atoms with Gasteiger partial charge in [-0.2, -0.15) is 0 Å². The van der Waals surface area contributed by atoms with Gasteiger partial charge < -0.3 is 10.2 Å². The number of benzene rings is 1. The fourth-order valence-corrected chi connectivity index (χ4v) is 4.47. The van der Waals surface area contributed by atoms with Gasteiger partial charge in [-0.3, -0.25) is 4.98 Å². The molecule has 1 aromatic carbocycles. The molecule has 3 nitrogen and oxygen atoms in total. The van der Waals surface area contributed by atoms with Crippen LogP contribution < -0.4 is 10.2 Å². The fourth-order valence-electron chi connectivity index (χ4n) is 4.47. The van der Waals surface area contributed by atoms with Crippen molar-refractivity contribution in [2.24, 2.45) is 5.92 Å². The third kappa shape index (κ3) is 2.94. The first kappa shape index (κ1) is 17.0. The Hall–Kier alpha value is -2.47. The molecule has 2 aliphatic rings. The van der Waals surface area contributed by atoms with Gasteiger partial charge in [0.15, 0.2) is 0 Å². The molecule has 1 fully saturated rings. The number of pyridine rings is 1. The van der Waals surface area contributed by atoms with Crippen molar-refractivity contribution in [2.75, 3.05) is 23.8 Å². The summed E-state index contributed by atoms with van der Waals surface area (Å²) in [5.41, 5.74) is 7.43. The van der Waals surface area contributed by atoms with E-state index in [0.717, 1.165) is 18.7 Å². The van der Waals surface area contributed by atoms with E-state index in [9.17, 15) is 0 Å². The summed E-state index contributed by atoms with van der Waals surface area (Å²) >= 11 is 0. The molecule has 1 N–H and O–H groups in total. The first-order chi connectivity index (χ1) is 12.7. The Kier molecular flexibility index (Phi) is 4.59. The topological polar surface area (TPSA) is 28.2 Å². The van der Waals surface area contributed by atoms with Crippen molar-refractivity contribution in [3.63, 3.8) is 0 Å². The van der Waals surface area contributed by atoms with Gasteiger partial charge in [0.25, 0.3) is 0 Å². The molecular formula is C23H27N3. The zero-order valence-electron chi connectivity index (χ0n) is 16.0. The van der Waals surface area contributed by atoms with Crippen LogP contribution in [0.3, 0.4) is 0 Å². The predicted octanol–water partition coefficient (Wildman–Crippen LogP) is 4.65. The Morgan fingerprint density at radius 1 is 1.23 bits per heavy atom. The molecule has 2 aromatic rings. The zero-order valence-corrected chi connectivity index (χ0v) is 16.0. The highest BCUT2D eigenvalue weighted by Gasteiger charge is 2.35. The Labute approximate surface area is 156 Å². The van der Waals surface area contributed by atoms with E-state index in [1.54, 1.807) is 0 Å². The van der Waals surface area contributed by atoms with Crippen LogP contribution in [0.2, 0.25) is 0 Å². The number of aromatic nitrogens is 1. The lowest BCUT2D eigenvalue weighted by atomic mass is 9.82. The second-order valence-electron chi connectivity index (χ2n) is 7.43. The number of piperidine rings is 1. The minimum absolute atomic E-state index is 0.417. The van der Waals surface area contributed by atoms with Crippen molar-refractivity contribution in [3.8, 4) is 23.0 Å². The summed E-state index contributed by atoms with van der Waals surface area (Å²) < 4.78 is 0. The summed E-state index contributed by atoms with van der Waals surface area (Å²) in [5.74, 6) is 7.02. The third-order valence-electron chi connectivity index (χ3n) is 5.85. The molecule has 2 atom stereocenters. The minimum atomic E-state index is 0.417. The van der Waals surface area contributed by atoms with E-state index in [-0.39, 0.29) is 0 Å². The number of nitrogens with one attached hydrogen (secondary N) is 1. The molecule has 0 amide bonds. The van der Waals surface area contributed by atoms with Gasteiger partial charge in [0.1, 0.15) is 0 Å². The molecule has 1 aromatic heterocycles. The molecule has 2 unspecified atom stereocenters. The second-order valence-corrected chi connectivity index (χ2v) is 7.43. The standard InChI is InChI=1S/C23H27N3/c1-4-7-17-12-21-23(26-11-6-5-8-22(17)26)13-18(15-25-21)20-14-19(24-3)10-9-16(20)2/h9-10,13-15,17,22,24H,5-6,8,11-12H2,1-3H3. The van der Waals surface area contributed by atoms with E-state index in [1.807, 2.05) is 20.2 Å². The van der Waals surface area contributed by atoms with Crippen LogP contribution in [0.5, 0.6) is 0 Å². The van der Waals surface area contributed by atoms with Crippen molar-refractivity contribution in [2.45, 2.75) is 45.6 Å². The molecule has 3 heterocycles. The number of rotatable bonds is 2. The summed E-state index contributed by atoms with van der Waals surface area (Å²) in [4.78, 5) is 7.47. The summed E-state index contributed by atoms with van der Waals surface area (Å²) in [5, 5.41) is 3.25. The summed E-state index contributed by atoms with van der Waals surface area (Å²) in [6.45, 7) is 5.25. The summed E-state index contributed by atoms with van der Waals surface area (Å²) in [6.07, 6.45) is 6.85. The van der Waals surface area contributed by atoms with E-state index in [1.165, 1.54) is 47.3 Å². The maximum Gasteiger partial charge on any atom is 0.0650 e. The van der Waals surface area contributed by atoms with Crippen molar-refractivity contribution in [1.29, 1.82) is 0 Å². The number of hydrogen-bond donors (Lipinski definition) is 1. The van der Waals surface area contributed by atoms with E-state index in [0.29, 0.717) is 12.0 Å². The number of anilines is 2. The maximum absolute atomic E-state index is 4.89. The van der Waals surface area contributed by atoms with Crippen molar-refractivity contribution in [1.82, 2.24) is 4.98 Å². The van der Waals surface area contributed by atoms with Crippen LogP contribution in [-0.2, 0) is 6.42 Å². The molecule has 1 saturated heterocycles. The first-order valence-electron chi connectivity index (χ1n) is 9.68. The van der Waals surface area contributed by atoms with Gasteiger partial charge >= 0.3 is 0 Å². The van der Waals surface area contributed by atoms with Crippen LogP contribution in [0, 0.1) is 24.7 Å².